The minimum atomic E-state index is -1.24. The number of nitrogens with one attached hydrogen (secondary N) is 1. The van der Waals surface area contributed by atoms with Crippen molar-refractivity contribution >= 4 is 23.0 Å². The van der Waals surface area contributed by atoms with Gasteiger partial charge in [0.1, 0.15) is 28.5 Å². The lowest BCUT2D eigenvalue weighted by molar-refractivity contribution is 0.0640. The van der Waals surface area contributed by atoms with Gasteiger partial charge in [0.25, 0.3) is 0 Å². The molecule has 0 unspecified atom stereocenters. The van der Waals surface area contributed by atoms with Crippen LogP contribution in [-0.4, -0.2) is 23.2 Å². The number of primary amides is 1. The summed E-state index contributed by atoms with van der Waals surface area (Å²) >= 11 is 0. The molecule has 3 N–H and O–H groups in total. The second-order valence-corrected chi connectivity index (χ2v) is 7.12. The number of benzene rings is 2. The van der Waals surface area contributed by atoms with Crippen LogP contribution in [-0.2, 0) is 4.74 Å². The van der Waals surface area contributed by atoms with Crippen molar-refractivity contribution in [2.24, 2.45) is 5.73 Å². The summed E-state index contributed by atoms with van der Waals surface area (Å²) in [5, 5.41) is 0.372. The lowest BCUT2D eigenvalue weighted by Gasteiger charge is -2.14. The molecule has 0 spiro atoms. The maximum atomic E-state index is 13.4. The minimum Gasteiger partial charge on any atom is -0.490 e. The van der Waals surface area contributed by atoms with E-state index in [0.717, 1.165) is 11.3 Å². The second-order valence-electron chi connectivity index (χ2n) is 7.12. The summed E-state index contributed by atoms with van der Waals surface area (Å²) in [6, 6.07) is 12.5. The molecule has 2 heterocycles. The minimum absolute atomic E-state index is 0.00736. The third-order valence-corrected chi connectivity index (χ3v) is 4.54. The number of halogens is 1. The Kier molecular flexibility index (Phi) is 5.21. The average molecular weight is 422 g/mol. The first-order valence-corrected chi connectivity index (χ1v) is 9.52. The van der Waals surface area contributed by atoms with E-state index in [4.69, 9.17) is 14.9 Å². The van der Waals surface area contributed by atoms with Crippen LogP contribution >= 0.6 is 0 Å². The highest BCUT2D eigenvalue weighted by Crippen LogP contribution is 2.40. The molecule has 2 aromatic heterocycles. The lowest BCUT2D eigenvalue weighted by Crippen LogP contribution is -2.18. The third kappa shape index (κ3) is 4.00. The van der Waals surface area contributed by atoms with Gasteiger partial charge in [0.2, 0.25) is 0 Å². The van der Waals surface area contributed by atoms with Crippen LogP contribution in [0.15, 0.2) is 59.1 Å². The zero-order valence-electron chi connectivity index (χ0n) is 16.8. The van der Waals surface area contributed by atoms with E-state index in [9.17, 15) is 14.0 Å². The third-order valence-electron chi connectivity index (χ3n) is 4.54. The highest BCUT2D eigenvalue weighted by molar-refractivity contribution is 6.12. The number of H-pyrrole nitrogens is 1. The number of carbonyl (C=O) groups is 2. The van der Waals surface area contributed by atoms with Gasteiger partial charge in [0.05, 0.1) is 6.10 Å². The number of nitrogens with two attached hydrogens (primary N) is 1. The molecule has 8 heteroatoms. The molecule has 0 aliphatic carbocycles. The van der Waals surface area contributed by atoms with Gasteiger partial charge in [-0.15, -0.1) is 0 Å². The lowest BCUT2D eigenvalue weighted by atomic mass is 10.0. The van der Waals surface area contributed by atoms with Crippen molar-refractivity contribution in [2.45, 2.75) is 20.0 Å². The summed E-state index contributed by atoms with van der Waals surface area (Å²) in [6.45, 7) is 3.76. The van der Waals surface area contributed by atoms with E-state index in [2.05, 4.69) is 9.72 Å². The summed E-state index contributed by atoms with van der Waals surface area (Å²) in [6.07, 6.45) is 0.391. The van der Waals surface area contributed by atoms with Crippen LogP contribution in [0.3, 0.4) is 0 Å². The Morgan fingerprint density at radius 2 is 1.87 bits per heavy atom. The van der Waals surface area contributed by atoms with Gasteiger partial charge in [-0.25, -0.2) is 14.0 Å². The Balaban J connectivity index is 1.99. The van der Waals surface area contributed by atoms with E-state index in [1.807, 2.05) is 26.0 Å². The van der Waals surface area contributed by atoms with E-state index < -0.39 is 17.9 Å². The second kappa shape index (κ2) is 7.98. The number of hydrogen-bond acceptors (Lipinski definition) is 5. The molecule has 158 valence electrons. The van der Waals surface area contributed by atoms with Crippen molar-refractivity contribution in [3.05, 3.63) is 66.1 Å². The summed E-state index contributed by atoms with van der Waals surface area (Å²) in [7, 11) is 0. The van der Waals surface area contributed by atoms with Crippen molar-refractivity contribution in [3.63, 3.8) is 0 Å². The van der Waals surface area contributed by atoms with Crippen molar-refractivity contribution in [1.29, 1.82) is 0 Å². The van der Waals surface area contributed by atoms with Crippen LogP contribution in [0.25, 0.3) is 33.6 Å². The molecule has 2 aromatic carbocycles. The first-order valence-electron chi connectivity index (χ1n) is 9.52. The van der Waals surface area contributed by atoms with Gasteiger partial charge in [-0.2, -0.15) is 0 Å². The first-order chi connectivity index (χ1) is 14.8. The van der Waals surface area contributed by atoms with E-state index in [0.29, 0.717) is 22.3 Å². The number of furan rings is 1. The largest absolute Gasteiger partial charge is 0.490 e. The quantitative estimate of drug-likeness (QED) is 0.337. The summed E-state index contributed by atoms with van der Waals surface area (Å²) in [5.74, 6) is -0.790. The van der Waals surface area contributed by atoms with Gasteiger partial charge in [0.15, 0.2) is 0 Å². The molecule has 1 amide bonds. The van der Waals surface area contributed by atoms with Crippen molar-refractivity contribution in [1.82, 2.24) is 4.98 Å². The zero-order chi connectivity index (χ0) is 22.1. The van der Waals surface area contributed by atoms with Gasteiger partial charge in [-0.3, -0.25) is 0 Å². The summed E-state index contributed by atoms with van der Waals surface area (Å²) in [5.41, 5.74) is 7.34. The topological polar surface area (TPSA) is 108 Å². The van der Waals surface area contributed by atoms with E-state index in [-0.39, 0.29) is 17.4 Å². The van der Waals surface area contributed by atoms with Gasteiger partial charge in [-0.1, -0.05) is 0 Å². The number of carbonyl (C=O) groups excluding carboxylic acids is 2. The van der Waals surface area contributed by atoms with Crippen molar-refractivity contribution in [3.8, 4) is 28.3 Å². The molecule has 0 aliphatic rings. The Hall–Kier alpha value is -4.07. The SMILES string of the molecule is CC(C)Oc1cc2c(C(=O)OC(N)=O)c(-c3ccc(F)cc3)oc2cc1-c1ccc[nH]1. The predicted molar refractivity (Wildman–Crippen MR) is 112 cm³/mol. The Morgan fingerprint density at radius 3 is 2.48 bits per heavy atom. The van der Waals surface area contributed by atoms with E-state index in [1.165, 1.54) is 24.3 Å². The maximum absolute atomic E-state index is 13.4. The van der Waals surface area contributed by atoms with Crippen LogP contribution in [0.1, 0.15) is 24.2 Å². The van der Waals surface area contributed by atoms with Gasteiger partial charge >= 0.3 is 12.1 Å². The van der Waals surface area contributed by atoms with Crippen LogP contribution < -0.4 is 10.5 Å². The molecule has 0 atom stereocenters. The molecule has 31 heavy (non-hydrogen) atoms. The van der Waals surface area contributed by atoms with Gasteiger partial charge in [-0.05, 0) is 62.4 Å². The molecular weight excluding hydrogens is 403 g/mol. The molecule has 0 aliphatic heterocycles. The van der Waals surface area contributed by atoms with Crippen molar-refractivity contribution < 1.29 is 27.9 Å². The zero-order valence-corrected chi connectivity index (χ0v) is 16.8. The average Bonchev–Trinajstić information content (AvgIpc) is 3.34. The molecule has 4 rings (SSSR count). The number of amides is 1. The molecular formula is C23H19FN2O5. The molecule has 0 saturated heterocycles. The molecule has 0 bridgehead atoms. The van der Waals surface area contributed by atoms with Crippen LogP contribution in [0.5, 0.6) is 5.75 Å². The monoisotopic (exact) mass is 422 g/mol. The Labute approximate surface area is 176 Å². The van der Waals surface area contributed by atoms with E-state index in [1.54, 1.807) is 18.3 Å². The Bertz CT molecular complexity index is 1260. The van der Waals surface area contributed by atoms with Gasteiger partial charge in [0, 0.05) is 28.4 Å². The highest BCUT2D eigenvalue weighted by Gasteiger charge is 2.27. The number of ether oxygens (including phenoxy) is 2. The van der Waals surface area contributed by atoms with Crippen LogP contribution in [0.4, 0.5) is 9.18 Å². The number of aromatic amines is 1. The number of aromatic nitrogens is 1. The number of rotatable bonds is 5. The smallest absolute Gasteiger partial charge is 0.412 e. The Morgan fingerprint density at radius 1 is 1.13 bits per heavy atom. The number of esters is 1. The fraction of sp³-hybridized carbons (Fsp3) is 0.130. The molecule has 0 fully saturated rings. The molecule has 0 saturated carbocycles. The van der Waals surface area contributed by atoms with Crippen molar-refractivity contribution in [2.75, 3.05) is 0 Å². The van der Waals surface area contributed by atoms with E-state index >= 15 is 0 Å². The van der Waals surface area contributed by atoms with Gasteiger partial charge < -0.3 is 24.6 Å². The number of fused-ring (bicyclic) bond motifs is 1. The van der Waals surface area contributed by atoms with Crippen LogP contribution in [0, 0.1) is 5.82 Å². The molecule has 4 aromatic rings. The standard InChI is InChI=1S/C23H19FN2O5/c1-12(2)29-18-11-16-19(10-15(18)17-4-3-9-26-17)30-21(13-5-7-14(24)8-6-13)20(16)22(27)31-23(25)28/h3-12,26H,1-2H3,(H2,25,28). The summed E-state index contributed by atoms with van der Waals surface area (Å²) < 4.78 is 30.0. The maximum Gasteiger partial charge on any atom is 0.412 e. The molecule has 7 nitrogen and oxygen atoms in total. The van der Waals surface area contributed by atoms with Crippen LogP contribution in [0.2, 0.25) is 0 Å². The normalized spacial score (nSPS) is 11.1. The fourth-order valence-corrected chi connectivity index (χ4v) is 3.33. The first kappa shape index (κ1) is 20.2. The predicted octanol–water partition coefficient (Wildman–Crippen LogP) is 5.26. The fourth-order valence-electron chi connectivity index (χ4n) is 3.33. The number of hydrogen-bond donors (Lipinski definition) is 2. The molecule has 0 radical (unpaired) electrons. The highest BCUT2D eigenvalue weighted by atomic mass is 19.1. The summed E-state index contributed by atoms with van der Waals surface area (Å²) in [4.78, 5) is 27.1.